The van der Waals surface area contributed by atoms with Crippen LogP contribution in [-0.2, 0) is 23.7 Å². The van der Waals surface area contributed by atoms with Crippen LogP contribution < -0.4 is 4.74 Å². The summed E-state index contributed by atoms with van der Waals surface area (Å²) >= 11 is 3.29. The first kappa shape index (κ1) is 21.3. The van der Waals surface area contributed by atoms with Gasteiger partial charge in [-0.3, -0.25) is 0 Å². The number of hydrogen-bond acceptors (Lipinski definition) is 6. The number of benzene rings is 1. The summed E-state index contributed by atoms with van der Waals surface area (Å²) in [7, 11) is 3.21. The van der Waals surface area contributed by atoms with Crippen molar-refractivity contribution in [2.75, 3.05) is 65.8 Å². The molecular formula is C17H27BrO6. The van der Waals surface area contributed by atoms with E-state index in [0.717, 1.165) is 16.6 Å². The number of alkyl halides is 1. The van der Waals surface area contributed by atoms with Crippen molar-refractivity contribution in [1.29, 1.82) is 0 Å². The summed E-state index contributed by atoms with van der Waals surface area (Å²) in [4.78, 5) is 0. The zero-order valence-electron chi connectivity index (χ0n) is 14.4. The van der Waals surface area contributed by atoms with Crippen molar-refractivity contribution in [2.45, 2.75) is 6.29 Å². The number of ether oxygens (including phenoxy) is 6. The highest BCUT2D eigenvalue weighted by Gasteiger charge is 2.09. The molecule has 0 radical (unpaired) electrons. The predicted molar refractivity (Wildman–Crippen MR) is 94.9 cm³/mol. The Morgan fingerprint density at radius 2 is 1.42 bits per heavy atom. The lowest BCUT2D eigenvalue weighted by molar-refractivity contribution is -0.106. The van der Waals surface area contributed by atoms with Crippen LogP contribution >= 0.6 is 15.9 Å². The summed E-state index contributed by atoms with van der Waals surface area (Å²) in [5.74, 6) is 0.760. The second kappa shape index (κ2) is 14.6. The van der Waals surface area contributed by atoms with Crippen molar-refractivity contribution in [3.63, 3.8) is 0 Å². The predicted octanol–water partition coefficient (Wildman–Crippen LogP) is 2.80. The van der Waals surface area contributed by atoms with E-state index in [2.05, 4.69) is 15.9 Å². The summed E-state index contributed by atoms with van der Waals surface area (Å²) in [6.07, 6.45) is -0.388. The molecule has 0 fully saturated rings. The summed E-state index contributed by atoms with van der Waals surface area (Å²) in [5, 5.41) is 0.844. The highest BCUT2D eigenvalue weighted by Crippen LogP contribution is 2.21. The van der Waals surface area contributed by atoms with Gasteiger partial charge in [-0.15, -0.1) is 0 Å². The summed E-state index contributed by atoms with van der Waals surface area (Å²) in [6, 6.07) is 7.62. The standard InChI is InChI=1S/C17H27BrO6/c1-19-17(20-2)15-4-3-5-16(14-15)24-13-12-23-11-10-22-9-8-21-7-6-18/h3-5,14,17H,6-13H2,1-2H3. The van der Waals surface area contributed by atoms with Gasteiger partial charge in [0.2, 0.25) is 0 Å². The van der Waals surface area contributed by atoms with E-state index in [1.54, 1.807) is 14.2 Å². The van der Waals surface area contributed by atoms with Crippen LogP contribution in [0.25, 0.3) is 0 Å². The lowest BCUT2D eigenvalue weighted by atomic mass is 10.2. The second-order valence-electron chi connectivity index (χ2n) is 4.75. The summed E-state index contributed by atoms with van der Waals surface area (Å²) < 4.78 is 32.2. The minimum atomic E-state index is -0.388. The molecule has 7 heteroatoms. The van der Waals surface area contributed by atoms with Crippen molar-refractivity contribution < 1.29 is 28.4 Å². The topological polar surface area (TPSA) is 55.4 Å². The minimum absolute atomic E-state index is 0.388. The van der Waals surface area contributed by atoms with Crippen molar-refractivity contribution in [1.82, 2.24) is 0 Å². The van der Waals surface area contributed by atoms with Gasteiger partial charge in [-0.25, -0.2) is 0 Å². The first-order valence-electron chi connectivity index (χ1n) is 7.89. The minimum Gasteiger partial charge on any atom is -0.491 e. The van der Waals surface area contributed by atoms with Gasteiger partial charge >= 0.3 is 0 Å². The van der Waals surface area contributed by atoms with Gasteiger partial charge < -0.3 is 28.4 Å². The molecule has 138 valence electrons. The Morgan fingerprint density at radius 3 is 2.00 bits per heavy atom. The average molecular weight is 407 g/mol. The maximum absolute atomic E-state index is 5.66. The maximum Gasteiger partial charge on any atom is 0.183 e. The maximum atomic E-state index is 5.66. The van der Waals surface area contributed by atoms with Gasteiger partial charge in [0.05, 0.1) is 39.6 Å². The van der Waals surface area contributed by atoms with E-state index in [1.165, 1.54) is 0 Å². The SMILES string of the molecule is COC(OC)c1cccc(OCCOCCOCCOCCBr)c1. The normalized spacial score (nSPS) is 11.2. The Balaban J connectivity index is 2.06. The van der Waals surface area contributed by atoms with E-state index in [4.69, 9.17) is 28.4 Å². The Morgan fingerprint density at radius 1 is 0.833 bits per heavy atom. The third-order valence-electron chi connectivity index (χ3n) is 3.02. The quantitative estimate of drug-likeness (QED) is 0.253. The van der Waals surface area contributed by atoms with E-state index in [1.807, 2.05) is 24.3 Å². The van der Waals surface area contributed by atoms with Crippen LogP contribution in [0.4, 0.5) is 0 Å². The van der Waals surface area contributed by atoms with Gasteiger partial charge in [-0.1, -0.05) is 28.1 Å². The van der Waals surface area contributed by atoms with Crippen LogP contribution in [0.15, 0.2) is 24.3 Å². The van der Waals surface area contributed by atoms with Crippen LogP contribution in [0, 0.1) is 0 Å². The zero-order valence-corrected chi connectivity index (χ0v) is 16.0. The van der Waals surface area contributed by atoms with Gasteiger partial charge in [-0.2, -0.15) is 0 Å². The Bertz CT molecular complexity index is 414. The zero-order chi connectivity index (χ0) is 17.5. The molecule has 1 aromatic carbocycles. The lowest BCUT2D eigenvalue weighted by Crippen LogP contribution is -2.13. The highest BCUT2D eigenvalue weighted by molar-refractivity contribution is 9.09. The number of rotatable bonds is 15. The van der Waals surface area contributed by atoms with Crippen LogP contribution in [0.1, 0.15) is 11.9 Å². The van der Waals surface area contributed by atoms with Crippen molar-refractivity contribution in [3.05, 3.63) is 29.8 Å². The molecule has 0 aliphatic rings. The fourth-order valence-corrected chi connectivity index (χ4v) is 2.16. The molecule has 6 nitrogen and oxygen atoms in total. The van der Waals surface area contributed by atoms with Crippen LogP contribution in [0.3, 0.4) is 0 Å². The number of halogens is 1. The monoisotopic (exact) mass is 406 g/mol. The average Bonchev–Trinajstić information content (AvgIpc) is 2.61. The summed E-state index contributed by atoms with van der Waals surface area (Å²) in [6.45, 7) is 3.96. The van der Waals surface area contributed by atoms with Gasteiger partial charge in [0, 0.05) is 25.1 Å². The molecule has 0 amide bonds. The smallest absolute Gasteiger partial charge is 0.183 e. The number of methoxy groups -OCH3 is 2. The molecule has 0 aliphatic heterocycles. The Labute approximate surface area is 152 Å². The van der Waals surface area contributed by atoms with Crippen LogP contribution in [-0.4, -0.2) is 65.8 Å². The third kappa shape index (κ3) is 9.56. The molecule has 0 N–H and O–H groups in total. The van der Waals surface area contributed by atoms with Crippen molar-refractivity contribution in [2.24, 2.45) is 0 Å². The van der Waals surface area contributed by atoms with Crippen LogP contribution in [0.2, 0.25) is 0 Å². The van der Waals surface area contributed by atoms with Crippen LogP contribution in [0.5, 0.6) is 5.75 Å². The molecule has 0 atom stereocenters. The van der Waals surface area contributed by atoms with Gasteiger partial charge in [0.15, 0.2) is 6.29 Å². The van der Waals surface area contributed by atoms with Crippen molar-refractivity contribution in [3.8, 4) is 5.75 Å². The van der Waals surface area contributed by atoms with E-state index in [-0.39, 0.29) is 6.29 Å². The second-order valence-corrected chi connectivity index (χ2v) is 5.54. The molecule has 0 saturated heterocycles. The third-order valence-corrected chi connectivity index (χ3v) is 3.34. The molecule has 0 aliphatic carbocycles. The molecular weight excluding hydrogens is 380 g/mol. The molecule has 1 aromatic rings. The van der Waals surface area contributed by atoms with Crippen molar-refractivity contribution >= 4 is 15.9 Å². The molecule has 0 aromatic heterocycles. The van der Waals surface area contributed by atoms with Gasteiger partial charge in [-0.05, 0) is 12.1 Å². The highest BCUT2D eigenvalue weighted by atomic mass is 79.9. The fraction of sp³-hybridized carbons (Fsp3) is 0.647. The molecule has 0 unspecified atom stereocenters. The Kier molecular flexibility index (Phi) is 13.0. The molecule has 1 rings (SSSR count). The molecule has 0 saturated carbocycles. The lowest BCUT2D eigenvalue weighted by Gasteiger charge is -2.15. The van der Waals surface area contributed by atoms with E-state index >= 15 is 0 Å². The first-order chi connectivity index (χ1) is 11.8. The first-order valence-corrected chi connectivity index (χ1v) is 9.01. The fourth-order valence-electron chi connectivity index (χ4n) is 1.93. The van der Waals surface area contributed by atoms with E-state index < -0.39 is 0 Å². The van der Waals surface area contributed by atoms with E-state index in [9.17, 15) is 0 Å². The Hall–Kier alpha value is -0.700. The van der Waals surface area contributed by atoms with Gasteiger partial charge in [0.25, 0.3) is 0 Å². The summed E-state index contributed by atoms with van der Waals surface area (Å²) in [5.41, 5.74) is 0.911. The van der Waals surface area contributed by atoms with Gasteiger partial charge in [0.1, 0.15) is 12.4 Å². The largest absolute Gasteiger partial charge is 0.491 e. The molecule has 0 spiro atoms. The van der Waals surface area contributed by atoms with E-state index in [0.29, 0.717) is 46.2 Å². The molecule has 0 bridgehead atoms. The molecule has 0 heterocycles. The molecule has 24 heavy (non-hydrogen) atoms. The number of hydrogen-bond donors (Lipinski definition) is 0.